The van der Waals surface area contributed by atoms with Crippen LogP contribution in [0.4, 0.5) is 0 Å². The number of piperidine rings is 1. The number of methoxy groups -OCH3 is 2. The molecule has 2 aromatic rings. The number of ether oxygens (including phenoxy) is 2. The monoisotopic (exact) mass is 414 g/mol. The van der Waals surface area contributed by atoms with Gasteiger partial charge < -0.3 is 18.9 Å². The number of nitrogens with one attached hydrogen (secondary N) is 2. The van der Waals surface area contributed by atoms with Gasteiger partial charge in [0.05, 0.1) is 32.3 Å². The van der Waals surface area contributed by atoms with Gasteiger partial charge in [0.2, 0.25) is 5.91 Å². The summed E-state index contributed by atoms with van der Waals surface area (Å²) in [4.78, 5) is 15.1. The minimum Gasteiger partial charge on any atom is -0.497 e. The molecule has 1 amide bonds. The van der Waals surface area contributed by atoms with Gasteiger partial charge in [0.15, 0.2) is 0 Å². The molecule has 0 radical (unpaired) electrons. The molecule has 0 spiro atoms. The number of carbonyl (C=O) groups is 1. The highest BCUT2D eigenvalue weighted by molar-refractivity contribution is 5.79. The lowest BCUT2D eigenvalue weighted by atomic mass is 9.83. The zero-order valence-electron chi connectivity index (χ0n) is 17.8. The van der Waals surface area contributed by atoms with Crippen molar-refractivity contribution in [1.29, 1.82) is 0 Å². The molecule has 4 rings (SSSR count). The predicted molar refractivity (Wildman–Crippen MR) is 111 cm³/mol. The number of rotatable bonds is 6. The number of carbonyl (C=O) groups excluding carboxylic acids is 1. The van der Waals surface area contributed by atoms with E-state index in [1.807, 2.05) is 36.1 Å². The van der Waals surface area contributed by atoms with Crippen molar-refractivity contribution < 1.29 is 18.8 Å². The first-order chi connectivity index (χ1) is 14.6. The van der Waals surface area contributed by atoms with Crippen molar-refractivity contribution in [1.82, 2.24) is 20.9 Å². The predicted octanol–water partition coefficient (Wildman–Crippen LogP) is 2.04. The summed E-state index contributed by atoms with van der Waals surface area (Å²) in [5.74, 6) is 3.01. The summed E-state index contributed by atoms with van der Waals surface area (Å²) in [5, 5.41) is 4.04. The van der Waals surface area contributed by atoms with Crippen LogP contribution in [0.15, 0.2) is 28.8 Å². The first-order valence-corrected chi connectivity index (χ1v) is 10.5. The average Bonchev–Trinajstić information content (AvgIpc) is 3.42. The molecule has 3 atom stereocenters. The minimum absolute atomic E-state index is 0.115. The van der Waals surface area contributed by atoms with E-state index in [0.717, 1.165) is 55.2 Å². The summed E-state index contributed by atoms with van der Waals surface area (Å²) in [6.07, 6.45) is 2.37. The number of amides is 1. The second-order valence-corrected chi connectivity index (χ2v) is 8.12. The number of hydrazine groups is 1. The Labute approximate surface area is 176 Å². The lowest BCUT2D eigenvalue weighted by Crippen LogP contribution is -2.48. The Bertz CT molecular complexity index is 884. The number of benzene rings is 1. The summed E-state index contributed by atoms with van der Waals surface area (Å²) in [6, 6.07) is 7.78. The number of nitrogens with zero attached hydrogens (tertiary/aromatic N) is 2. The van der Waals surface area contributed by atoms with Gasteiger partial charge in [-0.2, -0.15) is 0 Å². The number of likely N-dealkylation sites (tertiary alicyclic amines) is 1. The largest absolute Gasteiger partial charge is 0.497 e. The second kappa shape index (κ2) is 9.06. The van der Waals surface area contributed by atoms with E-state index in [1.54, 1.807) is 14.2 Å². The van der Waals surface area contributed by atoms with Crippen molar-refractivity contribution in [2.45, 2.75) is 38.1 Å². The van der Waals surface area contributed by atoms with Crippen molar-refractivity contribution in [3.8, 4) is 11.5 Å². The molecule has 2 N–H and O–H groups in total. The topological polar surface area (TPSA) is 88.9 Å². The quantitative estimate of drug-likeness (QED) is 0.748. The van der Waals surface area contributed by atoms with Gasteiger partial charge in [0, 0.05) is 37.3 Å². The SMILES string of the molecule is COc1ccc(OC)c(CC(=O)N2CCCC(C3NNCC3c3cc(C)no3)C2)c1. The number of aromatic nitrogens is 1. The molecule has 2 fully saturated rings. The third-order valence-corrected chi connectivity index (χ3v) is 6.18. The summed E-state index contributed by atoms with van der Waals surface area (Å²) in [5.41, 5.74) is 8.42. The fourth-order valence-corrected chi connectivity index (χ4v) is 4.62. The summed E-state index contributed by atoms with van der Waals surface area (Å²) in [7, 11) is 3.24. The molecular weight excluding hydrogens is 384 g/mol. The average molecular weight is 415 g/mol. The molecule has 0 bridgehead atoms. The molecule has 1 aromatic heterocycles. The molecule has 30 heavy (non-hydrogen) atoms. The van der Waals surface area contributed by atoms with Crippen molar-refractivity contribution in [3.63, 3.8) is 0 Å². The van der Waals surface area contributed by atoms with E-state index in [4.69, 9.17) is 14.0 Å². The molecular formula is C22H30N4O4. The van der Waals surface area contributed by atoms with E-state index in [-0.39, 0.29) is 17.9 Å². The molecule has 1 aromatic carbocycles. The van der Waals surface area contributed by atoms with Gasteiger partial charge in [0.1, 0.15) is 17.3 Å². The lowest BCUT2D eigenvalue weighted by Gasteiger charge is -2.37. The van der Waals surface area contributed by atoms with Crippen LogP contribution in [0.2, 0.25) is 0 Å². The third-order valence-electron chi connectivity index (χ3n) is 6.18. The third kappa shape index (κ3) is 4.29. The van der Waals surface area contributed by atoms with Gasteiger partial charge in [-0.3, -0.25) is 15.6 Å². The molecule has 8 heteroatoms. The Morgan fingerprint density at radius 2 is 2.17 bits per heavy atom. The first-order valence-electron chi connectivity index (χ1n) is 10.5. The van der Waals surface area contributed by atoms with Crippen LogP contribution < -0.4 is 20.3 Å². The Kier molecular flexibility index (Phi) is 6.24. The maximum absolute atomic E-state index is 13.1. The first kappa shape index (κ1) is 20.7. The van der Waals surface area contributed by atoms with Crippen molar-refractivity contribution in [2.24, 2.45) is 5.92 Å². The van der Waals surface area contributed by atoms with Gasteiger partial charge in [0.25, 0.3) is 0 Å². The molecule has 162 valence electrons. The van der Waals surface area contributed by atoms with Crippen LogP contribution in [0.25, 0.3) is 0 Å². The molecule has 8 nitrogen and oxygen atoms in total. The summed E-state index contributed by atoms with van der Waals surface area (Å²) in [6.45, 7) is 4.25. The standard InChI is InChI=1S/C22H30N4O4/c1-14-9-20(30-25-14)18-12-23-24-22(18)15-5-4-8-26(13-15)21(27)11-16-10-17(28-2)6-7-19(16)29-3/h6-7,9-10,15,18,22-24H,4-5,8,11-13H2,1-3H3. The van der Waals surface area contributed by atoms with Gasteiger partial charge >= 0.3 is 0 Å². The van der Waals surface area contributed by atoms with Crippen LogP contribution in [-0.4, -0.2) is 55.9 Å². The normalized spacial score (nSPS) is 24.1. The van der Waals surface area contributed by atoms with Gasteiger partial charge in [-0.1, -0.05) is 5.16 Å². The number of hydrogen-bond acceptors (Lipinski definition) is 7. The van der Waals surface area contributed by atoms with E-state index in [2.05, 4.69) is 16.0 Å². The summed E-state index contributed by atoms with van der Waals surface area (Å²) < 4.78 is 16.3. The van der Waals surface area contributed by atoms with Gasteiger partial charge in [-0.15, -0.1) is 0 Å². The lowest BCUT2D eigenvalue weighted by molar-refractivity contribution is -0.132. The zero-order valence-corrected chi connectivity index (χ0v) is 17.8. The van der Waals surface area contributed by atoms with Crippen LogP contribution in [0.3, 0.4) is 0 Å². The van der Waals surface area contributed by atoms with Crippen molar-refractivity contribution in [3.05, 3.63) is 41.3 Å². The highest BCUT2D eigenvalue weighted by Gasteiger charge is 2.39. The number of aryl methyl sites for hydroxylation is 1. The fourth-order valence-electron chi connectivity index (χ4n) is 4.62. The molecule has 3 unspecified atom stereocenters. The van der Waals surface area contributed by atoms with E-state index in [0.29, 0.717) is 18.1 Å². The molecule has 0 aliphatic carbocycles. The van der Waals surface area contributed by atoms with E-state index >= 15 is 0 Å². The molecule has 3 heterocycles. The van der Waals surface area contributed by atoms with Gasteiger partial charge in [-0.25, -0.2) is 0 Å². The molecule has 0 saturated carbocycles. The maximum Gasteiger partial charge on any atom is 0.227 e. The van der Waals surface area contributed by atoms with Gasteiger partial charge in [-0.05, 0) is 43.9 Å². The zero-order chi connectivity index (χ0) is 21.1. The molecule has 2 aliphatic rings. The smallest absolute Gasteiger partial charge is 0.227 e. The Hall–Kier alpha value is -2.58. The van der Waals surface area contributed by atoms with Crippen LogP contribution >= 0.6 is 0 Å². The Morgan fingerprint density at radius 1 is 1.30 bits per heavy atom. The molecule has 2 saturated heterocycles. The maximum atomic E-state index is 13.1. The minimum atomic E-state index is 0.115. The Morgan fingerprint density at radius 3 is 2.90 bits per heavy atom. The van der Waals surface area contributed by atoms with E-state index < -0.39 is 0 Å². The van der Waals surface area contributed by atoms with E-state index in [9.17, 15) is 4.79 Å². The van der Waals surface area contributed by atoms with Crippen LogP contribution in [-0.2, 0) is 11.2 Å². The summed E-state index contributed by atoms with van der Waals surface area (Å²) >= 11 is 0. The highest BCUT2D eigenvalue weighted by Crippen LogP contribution is 2.32. The molecule has 2 aliphatic heterocycles. The second-order valence-electron chi connectivity index (χ2n) is 8.12. The number of hydrogen-bond donors (Lipinski definition) is 2. The van der Waals surface area contributed by atoms with Crippen molar-refractivity contribution in [2.75, 3.05) is 33.9 Å². The van der Waals surface area contributed by atoms with E-state index in [1.165, 1.54) is 0 Å². The van der Waals surface area contributed by atoms with Crippen LogP contribution in [0.5, 0.6) is 11.5 Å². The van der Waals surface area contributed by atoms with Crippen LogP contribution in [0.1, 0.15) is 35.8 Å². The fraction of sp³-hybridized carbons (Fsp3) is 0.545. The highest BCUT2D eigenvalue weighted by atomic mass is 16.5. The Balaban J connectivity index is 1.44. The van der Waals surface area contributed by atoms with Crippen molar-refractivity contribution >= 4 is 5.91 Å². The van der Waals surface area contributed by atoms with Crippen LogP contribution in [0, 0.1) is 12.8 Å².